The molecule has 0 bridgehead atoms. The van der Waals surface area contributed by atoms with Gasteiger partial charge in [-0.2, -0.15) is 0 Å². The first-order valence-corrected chi connectivity index (χ1v) is 7.70. The lowest BCUT2D eigenvalue weighted by molar-refractivity contribution is -0.127. The van der Waals surface area contributed by atoms with Crippen molar-refractivity contribution in [3.8, 4) is 5.75 Å². The van der Waals surface area contributed by atoms with Gasteiger partial charge in [0.05, 0.1) is 5.69 Å². The molecule has 0 saturated carbocycles. The van der Waals surface area contributed by atoms with E-state index in [-0.39, 0.29) is 5.91 Å². The van der Waals surface area contributed by atoms with Gasteiger partial charge >= 0.3 is 0 Å². The number of carbonyl (C=O) groups is 1. The average molecular weight is 300 g/mol. The van der Waals surface area contributed by atoms with Gasteiger partial charge in [0.15, 0.2) is 0 Å². The number of nitrogens with zero attached hydrogens (tertiary/aromatic N) is 1. The second-order valence-corrected chi connectivity index (χ2v) is 5.76. The molecule has 1 saturated heterocycles. The molecule has 118 valence electrons. The van der Waals surface area contributed by atoms with Gasteiger partial charge in [-0.1, -0.05) is 25.6 Å². The van der Waals surface area contributed by atoms with E-state index in [2.05, 4.69) is 13.5 Å². The van der Waals surface area contributed by atoms with E-state index < -0.39 is 0 Å². The van der Waals surface area contributed by atoms with Gasteiger partial charge in [-0.3, -0.25) is 4.79 Å². The van der Waals surface area contributed by atoms with Gasteiger partial charge < -0.3 is 15.4 Å². The van der Waals surface area contributed by atoms with Crippen molar-refractivity contribution in [2.75, 3.05) is 25.4 Å². The summed E-state index contributed by atoms with van der Waals surface area (Å²) in [6.07, 6.45) is 7.39. The molecule has 2 N–H and O–H groups in total. The number of nitrogen functional groups attached to an aromatic ring is 1. The van der Waals surface area contributed by atoms with Crippen molar-refractivity contribution >= 4 is 17.7 Å². The third-order valence-electron chi connectivity index (χ3n) is 3.78. The molecule has 0 radical (unpaired) electrons. The van der Waals surface area contributed by atoms with Crippen LogP contribution in [0.1, 0.15) is 25.3 Å². The molecule has 0 aliphatic carbocycles. The smallest absolute Gasteiger partial charge is 0.246 e. The quantitative estimate of drug-likeness (QED) is 0.516. The standard InChI is InChI=1S/C18H24N2O2/c1-3-11-22-17-8-6-15(12-16(17)19)7-9-18(21)20-10-4-5-14(2)13-20/h3,6-9,12,14H,1,4-5,10-11,13,19H2,2H3/b9-7-. The fourth-order valence-electron chi connectivity index (χ4n) is 2.61. The van der Waals surface area contributed by atoms with E-state index in [0.29, 0.717) is 24.0 Å². The second-order valence-electron chi connectivity index (χ2n) is 5.76. The first-order chi connectivity index (χ1) is 10.6. The van der Waals surface area contributed by atoms with Crippen molar-refractivity contribution in [3.05, 3.63) is 42.5 Å². The molecular formula is C18H24N2O2. The fraction of sp³-hybridized carbons (Fsp3) is 0.389. The highest BCUT2D eigenvalue weighted by molar-refractivity contribution is 5.92. The van der Waals surface area contributed by atoms with E-state index in [9.17, 15) is 4.79 Å². The summed E-state index contributed by atoms with van der Waals surface area (Å²) in [5.74, 6) is 1.29. The third-order valence-corrected chi connectivity index (χ3v) is 3.78. The SMILES string of the molecule is C=CCOc1ccc(/C=C\C(=O)N2CCCC(C)C2)cc1N. The lowest BCUT2D eigenvalue weighted by atomic mass is 10.0. The van der Waals surface area contributed by atoms with Crippen molar-refractivity contribution < 1.29 is 9.53 Å². The number of piperidine rings is 1. The summed E-state index contributed by atoms with van der Waals surface area (Å²) >= 11 is 0. The van der Waals surface area contributed by atoms with Crippen molar-refractivity contribution in [1.82, 2.24) is 4.90 Å². The first-order valence-electron chi connectivity index (χ1n) is 7.70. The molecule has 4 heteroatoms. The van der Waals surface area contributed by atoms with Crippen LogP contribution < -0.4 is 10.5 Å². The Hall–Kier alpha value is -2.23. The Bertz CT molecular complexity index is 566. The normalized spacial score (nSPS) is 18.4. The topological polar surface area (TPSA) is 55.6 Å². The van der Waals surface area contributed by atoms with Crippen LogP contribution in [-0.4, -0.2) is 30.5 Å². The number of hydrogen-bond acceptors (Lipinski definition) is 3. The Morgan fingerprint density at radius 1 is 1.55 bits per heavy atom. The van der Waals surface area contributed by atoms with E-state index in [1.807, 2.05) is 17.0 Å². The number of nitrogens with two attached hydrogens (primary N) is 1. The zero-order valence-electron chi connectivity index (χ0n) is 13.1. The van der Waals surface area contributed by atoms with Crippen LogP contribution in [-0.2, 0) is 4.79 Å². The van der Waals surface area contributed by atoms with Crippen molar-refractivity contribution in [2.45, 2.75) is 19.8 Å². The van der Waals surface area contributed by atoms with Gasteiger partial charge in [0.2, 0.25) is 5.91 Å². The highest BCUT2D eigenvalue weighted by atomic mass is 16.5. The number of ether oxygens (including phenoxy) is 1. The van der Waals surface area contributed by atoms with Gasteiger partial charge in [0.25, 0.3) is 0 Å². The molecule has 22 heavy (non-hydrogen) atoms. The molecule has 1 aromatic rings. The van der Waals surface area contributed by atoms with E-state index in [1.165, 1.54) is 6.42 Å². The number of benzene rings is 1. The van der Waals surface area contributed by atoms with Crippen molar-refractivity contribution in [1.29, 1.82) is 0 Å². The zero-order valence-corrected chi connectivity index (χ0v) is 13.1. The molecule has 0 spiro atoms. The van der Waals surface area contributed by atoms with Crippen LogP contribution in [0.3, 0.4) is 0 Å². The summed E-state index contributed by atoms with van der Waals surface area (Å²) in [6.45, 7) is 7.91. The van der Waals surface area contributed by atoms with Crippen LogP contribution in [0.4, 0.5) is 5.69 Å². The van der Waals surface area contributed by atoms with Crippen LogP contribution in [0.15, 0.2) is 36.9 Å². The maximum Gasteiger partial charge on any atom is 0.246 e. The summed E-state index contributed by atoms with van der Waals surface area (Å²) in [6, 6.07) is 5.50. The molecular weight excluding hydrogens is 276 g/mol. The minimum Gasteiger partial charge on any atom is -0.487 e. The predicted octanol–water partition coefficient (Wildman–Crippen LogP) is 3.11. The Labute approximate surface area is 132 Å². The molecule has 0 aromatic heterocycles. The average Bonchev–Trinajstić information content (AvgIpc) is 2.51. The van der Waals surface area contributed by atoms with Crippen LogP contribution in [0, 0.1) is 5.92 Å². The van der Waals surface area contributed by atoms with Crippen molar-refractivity contribution in [3.63, 3.8) is 0 Å². The molecule has 1 fully saturated rings. The Morgan fingerprint density at radius 2 is 2.36 bits per heavy atom. The van der Waals surface area contributed by atoms with E-state index in [0.717, 1.165) is 25.1 Å². The lowest BCUT2D eigenvalue weighted by Gasteiger charge is -2.30. The molecule has 1 aliphatic heterocycles. The predicted molar refractivity (Wildman–Crippen MR) is 90.6 cm³/mol. The van der Waals surface area contributed by atoms with Gasteiger partial charge in [0.1, 0.15) is 12.4 Å². The van der Waals surface area contributed by atoms with Gasteiger partial charge in [-0.15, -0.1) is 0 Å². The summed E-state index contributed by atoms with van der Waals surface area (Å²) in [7, 11) is 0. The summed E-state index contributed by atoms with van der Waals surface area (Å²) in [4.78, 5) is 14.1. The molecule has 2 rings (SSSR count). The highest BCUT2D eigenvalue weighted by Crippen LogP contribution is 2.23. The van der Waals surface area contributed by atoms with Gasteiger partial charge in [0, 0.05) is 19.2 Å². The largest absolute Gasteiger partial charge is 0.487 e. The lowest BCUT2D eigenvalue weighted by Crippen LogP contribution is -2.38. The number of hydrogen-bond donors (Lipinski definition) is 1. The van der Waals surface area contributed by atoms with Gasteiger partial charge in [-0.05, 0) is 42.5 Å². The molecule has 1 amide bonds. The highest BCUT2D eigenvalue weighted by Gasteiger charge is 2.18. The first kappa shape index (κ1) is 16.1. The molecule has 1 aromatic carbocycles. The number of anilines is 1. The monoisotopic (exact) mass is 300 g/mol. The van der Waals surface area contributed by atoms with Crippen LogP contribution in [0.2, 0.25) is 0 Å². The Morgan fingerprint density at radius 3 is 3.05 bits per heavy atom. The number of amides is 1. The number of carbonyl (C=O) groups excluding carboxylic acids is 1. The minimum absolute atomic E-state index is 0.0668. The fourth-order valence-corrected chi connectivity index (χ4v) is 2.61. The Kier molecular flexibility index (Phi) is 5.64. The molecule has 1 atom stereocenters. The molecule has 1 unspecified atom stereocenters. The third kappa shape index (κ3) is 4.38. The van der Waals surface area contributed by atoms with Gasteiger partial charge in [-0.25, -0.2) is 0 Å². The van der Waals surface area contributed by atoms with E-state index in [4.69, 9.17) is 10.5 Å². The molecule has 4 nitrogen and oxygen atoms in total. The maximum atomic E-state index is 12.2. The molecule has 1 heterocycles. The van der Waals surface area contributed by atoms with Crippen LogP contribution >= 0.6 is 0 Å². The molecule has 1 aliphatic rings. The summed E-state index contributed by atoms with van der Waals surface area (Å²) in [5.41, 5.74) is 7.39. The Balaban J connectivity index is 1.98. The zero-order chi connectivity index (χ0) is 15.9. The minimum atomic E-state index is 0.0668. The summed E-state index contributed by atoms with van der Waals surface area (Å²) < 4.78 is 5.43. The van der Waals surface area contributed by atoms with Crippen LogP contribution in [0.5, 0.6) is 5.75 Å². The van der Waals surface area contributed by atoms with E-state index >= 15 is 0 Å². The maximum absolute atomic E-state index is 12.2. The van der Waals surface area contributed by atoms with Crippen LogP contribution in [0.25, 0.3) is 6.08 Å². The second kappa shape index (κ2) is 7.69. The summed E-state index contributed by atoms with van der Waals surface area (Å²) in [5, 5.41) is 0. The van der Waals surface area contributed by atoms with E-state index in [1.54, 1.807) is 24.3 Å². The van der Waals surface area contributed by atoms with Crippen molar-refractivity contribution in [2.24, 2.45) is 5.92 Å². The number of rotatable bonds is 5. The number of likely N-dealkylation sites (tertiary alicyclic amines) is 1.